The maximum Gasteiger partial charge on any atom is 0.223 e. The van der Waals surface area contributed by atoms with Crippen LogP contribution in [0.5, 0.6) is 0 Å². The molecule has 1 aromatic carbocycles. The molecule has 2 aromatic heterocycles. The van der Waals surface area contributed by atoms with Crippen molar-refractivity contribution in [2.24, 2.45) is 0 Å². The van der Waals surface area contributed by atoms with Crippen LogP contribution in [0.15, 0.2) is 30.6 Å². The average Bonchev–Trinajstić information content (AvgIpc) is 3.31. The lowest BCUT2D eigenvalue weighted by atomic mass is 10.1. The normalized spacial score (nSPS) is 13.7. The summed E-state index contributed by atoms with van der Waals surface area (Å²) < 4.78 is 13.0. The van der Waals surface area contributed by atoms with E-state index in [-0.39, 0.29) is 11.7 Å². The Bertz CT molecular complexity index is 902. The van der Waals surface area contributed by atoms with Crippen LogP contribution in [0.4, 0.5) is 4.39 Å². The lowest BCUT2D eigenvalue weighted by Crippen LogP contribution is -2.36. The molecule has 0 unspecified atom stereocenters. The van der Waals surface area contributed by atoms with E-state index >= 15 is 0 Å². The van der Waals surface area contributed by atoms with Crippen LogP contribution >= 0.6 is 0 Å². The van der Waals surface area contributed by atoms with Crippen LogP contribution < -0.4 is 0 Å². The Morgan fingerprint density at radius 1 is 1.27 bits per heavy atom. The topological polar surface area (TPSA) is 92.6 Å². The van der Waals surface area contributed by atoms with E-state index in [1.54, 1.807) is 18.5 Å². The van der Waals surface area contributed by atoms with E-state index in [0.717, 1.165) is 17.8 Å². The zero-order valence-electron chi connectivity index (χ0n) is 14.1. The van der Waals surface area contributed by atoms with Gasteiger partial charge in [-0.15, -0.1) is 10.2 Å². The summed E-state index contributed by atoms with van der Waals surface area (Å²) in [6.07, 6.45) is 3.52. The molecule has 1 N–H and O–H groups in total. The number of benzene rings is 1. The van der Waals surface area contributed by atoms with Crippen molar-refractivity contribution in [1.29, 1.82) is 0 Å². The van der Waals surface area contributed by atoms with Gasteiger partial charge in [0.15, 0.2) is 0 Å². The first kappa shape index (κ1) is 16.4. The first-order valence-electron chi connectivity index (χ1n) is 8.52. The molecule has 0 radical (unpaired) electrons. The number of aromatic amines is 1. The molecule has 0 bridgehead atoms. The van der Waals surface area contributed by atoms with E-state index in [1.807, 2.05) is 4.90 Å². The number of nitrogens with zero attached hydrogens (tertiary/aromatic N) is 6. The van der Waals surface area contributed by atoms with Crippen LogP contribution in [0.1, 0.15) is 24.2 Å². The SMILES string of the molecule is O=C(CCCn1nnc(-c2ccc(F)cc2)n1)N1CCc2nc[nH]c2C1. The number of tetrazole rings is 1. The number of imidazole rings is 1. The van der Waals surface area contributed by atoms with Crippen LogP contribution in [0.25, 0.3) is 11.4 Å². The number of rotatable bonds is 5. The maximum atomic E-state index is 13.0. The molecule has 1 amide bonds. The number of amides is 1. The third-order valence-corrected chi connectivity index (χ3v) is 4.43. The Hall–Kier alpha value is -3.10. The lowest BCUT2D eigenvalue weighted by Gasteiger charge is -2.26. The van der Waals surface area contributed by atoms with Gasteiger partial charge in [-0.3, -0.25) is 4.79 Å². The number of aryl methyl sites for hydroxylation is 1. The molecule has 1 aliphatic heterocycles. The van der Waals surface area contributed by atoms with Crippen LogP contribution in [0.2, 0.25) is 0 Å². The van der Waals surface area contributed by atoms with E-state index in [1.165, 1.54) is 16.9 Å². The van der Waals surface area contributed by atoms with E-state index < -0.39 is 0 Å². The van der Waals surface area contributed by atoms with Gasteiger partial charge >= 0.3 is 0 Å². The second-order valence-electron chi connectivity index (χ2n) is 6.21. The Labute approximate surface area is 149 Å². The number of carbonyl (C=O) groups is 1. The van der Waals surface area contributed by atoms with Gasteiger partial charge in [-0.1, -0.05) is 0 Å². The monoisotopic (exact) mass is 355 g/mol. The van der Waals surface area contributed by atoms with Gasteiger partial charge in [0.2, 0.25) is 11.7 Å². The van der Waals surface area contributed by atoms with Crippen molar-refractivity contribution in [2.75, 3.05) is 6.54 Å². The molecule has 0 fully saturated rings. The van der Waals surface area contributed by atoms with Crippen molar-refractivity contribution in [3.05, 3.63) is 47.8 Å². The van der Waals surface area contributed by atoms with Gasteiger partial charge in [-0.25, -0.2) is 9.37 Å². The quantitative estimate of drug-likeness (QED) is 0.750. The number of H-pyrrole nitrogens is 1. The van der Waals surface area contributed by atoms with Gasteiger partial charge in [-0.05, 0) is 35.9 Å². The molecule has 0 spiro atoms. The fourth-order valence-corrected chi connectivity index (χ4v) is 3.01. The van der Waals surface area contributed by atoms with Crippen LogP contribution in [0.3, 0.4) is 0 Å². The number of aromatic nitrogens is 6. The summed E-state index contributed by atoms with van der Waals surface area (Å²) in [4.78, 5) is 23.0. The van der Waals surface area contributed by atoms with Crippen molar-refractivity contribution in [1.82, 2.24) is 35.1 Å². The first-order chi connectivity index (χ1) is 12.7. The Balaban J connectivity index is 1.28. The fourth-order valence-electron chi connectivity index (χ4n) is 3.01. The van der Waals surface area contributed by atoms with Gasteiger partial charge in [0, 0.05) is 24.9 Å². The molecule has 4 rings (SSSR count). The number of hydrogen-bond donors (Lipinski definition) is 1. The van der Waals surface area contributed by atoms with Crippen molar-refractivity contribution < 1.29 is 9.18 Å². The third kappa shape index (κ3) is 3.46. The minimum absolute atomic E-state index is 0.115. The molecule has 3 aromatic rings. The van der Waals surface area contributed by atoms with E-state index in [9.17, 15) is 9.18 Å². The highest BCUT2D eigenvalue weighted by Gasteiger charge is 2.21. The second kappa shape index (κ2) is 7.03. The molecular weight excluding hydrogens is 337 g/mol. The minimum Gasteiger partial charge on any atom is -0.347 e. The zero-order valence-corrected chi connectivity index (χ0v) is 14.1. The van der Waals surface area contributed by atoms with Gasteiger partial charge in [-0.2, -0.15) is 4.80 Å². The predicted molar refractivity (Wildman–Crippen MR) is 90.2 cm³/mol. The molecule has 134 valence electrons. The summed E-state index contributed by atoms with van der Waals surface area (Å²) >= 11 is 0. The van der Waals surface area contributed by atoms with Crippen molar-refractivity contribution >= 4 is 5.91 Å². The summed E-state index contributed by atoms with van der Waals surface area (Å²) in [5, 5.41) is 12.2. The summed E-state index contributed by atoms with van der Waals surface area (Å²) in [6, 6.07) is 5.94. The Morgan fingerprint density at radius 2 is 2.12 bits per heavy atom. The number of fused-ring (bicyclic) bond motifs is 1. The molecule has 0 saturated heterocycles. The molecular formula is C17H18FN7O. The van der Waals surface area contributed by atoms with Crippen molar-refractivity contribution in [3.63, 3.8) is 0 Å². The number of carbonyl (C=O) groups excluding carboxylic acids is 1. The molecule has 1 aliphatic rings. The van der Waals surface area contributed by atoms with Crippen LogP contribution in [0, 0.1) is 5.82 Å². The zero-order chi connectivity index (χ0) is 17.9. The Kier molecular flexibility index (Phi) is 4.42. The van der Waals surface area contributed by atoms with Gasteiger partial charge in [0.1, 0.15) is 5.82 Å². The summed E-state index contributed by atoms with van der Waals surface area (Å²) in [5.41, 5.74) is 2.78. The van der Waals surface area contributed by atoms with Crippen LogP contribution in [-0.2, 0) is 24.3 Å². The lowest BCUT2D eigenvalue weighted by molar-refractivity contribution is -0.132. The highest BCUT2D eigenvalue weighted by atomic mass is 19.1. The third-order valence-electron chi connectivity index (χ3n) is 4.43. The summed E-state index contributed by atoms with van der Waals surface area (Å²) in [7, 11) is 0. The molecule has 26 heavy (non-hydrogen) atoms. The second-order valence-corrected chi connectivity index (χ2v) is 6.21. The Morgan fingerprint density at radius 3 is 2.96 bits per heavy atom. The fraction of sp³-hybridized carbons (Fsp3) is 0.353. The highest BCUT2D eigenvalue weighted by Crippen LogP contribution is 2.16. The summed E-state index contributed by atoms with van der Waals surface area (Å²) in [5.74, 6) is 0.253. The highest BCUT2D eigenvalue weighted by molar-refractivity contribution is 5.76. The molecule has 9 heteroatoms. The smallest absolute Gasteiger partial charge is 0.223 e. The van der Waals surface area contributed by atoms with Crippen molar-refractivity contribution in [2.45, 2.75) is 32.4 Å². The number of nitrogens with one attached hydrogen (secondary N) is 1. The van der Waals surface area contributed by atoms with E-state index in [4.69, 9.17) is 0 Å². The number of hydrogen-bond acceptors (Lipinski definition) is 5. The molecule has 0 atom stereocenters. The van der Waals surface area contributed by atoms with Gasteiger partial charge < -0.3 is 9.88 Å². The van der Waals surface area contributed by atoms with Crippen LogP contribution in [-0.4, -0.2) is 47.5 Å². The molecule has 0 aliphatic carbocycles. The standard InChI is InChI=1S/C17H18FN7O/c18-13-5-3-12(4-6-13)17-21-23-25(22-17)8-1-2-16(26)24-9-7-14-15(10-24)20-11-19-14/h3-6,11H,1-2,7-10H2,(H,19,20). The summed E-state index contributed by atoms with van der Waals surface area (Å²) in [6.45, 7) is 1.79. The first-order valence-corrected chi connectivity index (χ1v) is 8.52. The van der Waals surface area contributed by atoms with E-state index in [0.29, 0.717) is 43.9 Å². The van der Waals surface area contributed by atoms with Gasteiger partial charge in [0.05, 0.1) is 30.8 Å². The average molecular weight is 355 g/mol. The molecule has 8 nitrogen and oxygen atoms in total. The number of halogens is 1. The minimum atomic E-state index is -0.306. The molecule has 0 saturated carbocycles. The maximum absolute atomic E-state index is 13.0. The molecule has 3 heterocycles. The van der Waals surface area contributed by atoms with Crippen molar-refractivity contribution in [3.8, 4) is 11.4 Å². The van der Waals surface area contributed by atoms with E-state index in [2.05, 4.69) is 25.4 Å². The largest absolute Gasteiger partial charge is 0.347 e. The predicted octanol–water partition coefficient (Wildman–Crippen LogP) is 1.57. The van der Waals surface area contributed by atoms with Gasteiger partial charge in [0.25, 0.3) is 0 Å².